The minimum atomic E-state index is 0.250. The smallest absolute Gasteiger partial charge is 0.191 e. The van der Waals surface area contributed by atoms with E-state index in [0.29, 0.717) is 6.54 Å². The molecule has 1 atom stereocenters. The summed E-state index contributed by atoms with van der Waals surface area (Å²) in [5.41, 5.74) is 4.73. The first kappa shape index (κ1) is 19.8. The fourth-order valence-electron chi connectivity index (χ4n) is 2.96. The number of ether oxygens (including phenoxy) is 1. The summed E-state index contributed by atoms with van der Waals surface area (Å²) in [6, 6.07) is 8.25. The Hall–Kier alpha value is -2.50. The summed E-state index contributed by atoms with van der Waals surface area (Å²) in [5, 5.41) is 11.3. The highest BCUT2D eigenvalue weighted by molar-refractivity contribution is 5.80. The minimum Gasteiger partial charge on any atom is -0.497 e. The van der Waals surface area contributed by atoms with Gasteiger partial charge in [-0.1, -0.05) is 12.1 Å². The van der Waals surface area contributed by atoms with Gasteiger partial charge >= 0.3 is 0 Å². The summed E-state index contributed by atoms with van der Waals surface area (Å²) in [7, 11) is 3.67. The van der Waals surface area contributed by atoms with Crippen LogP contribution in [0.25, 0.3) is 0 Å². The average Bonchev–Trinajstić information content (AvgIpc) is 2.86. The SMILES string of the molecule is CCNC(=NCc1cccc(OC)c1)NC(C)Cc1c(C)nn(C)c1C. The van der Waals surface area contributed by atoms with Crippen LogP contribution in [0.2, 0.25) is 0 Å². The molecule has 0 radical (unpaired) electrons. The maximum Gasteiger partial charge on any atom is 0.191 e. The van der Waals surface area contributed by atoms with Crippen molar-refractivity contribution in [2.45, 2.75) is 46.7 Å². The number of hydrogen-bond donors (Lipinski definition) is 2. The molecule has 0 aliphatic rings. The highest BCUT2D eigenvalue weighted by Crippen LogP contribution is 2.15. The molecular formula is C20H31N5O. The van der Waals surface area contributed by atoms with Crippen LogP contribution in [0.5, 0.6) is 5.75 Å². The topological polar surface area (TPSA) is 63.5 Å². The third-order valence-electron chi connectivity index (χ3n) is 4.45. The molecule has 6 heteroatoms. The van der Waals surface area contributed by atoms with Crippen molar-refractivity contribution in [3.63, 3.8) is 0 Å². The summed E-state index contributed by atoms with van der Waals surface area (Å²) in [6.45, 7) is 9.85. The highest BCUT2D eigenvalue weighted by Gasteiger charge is 2.14. The molecule has 2 rings (SSSR count). The molecule has 1 heterocycles. The number of methoxy groups -OCH3 is 1. The summed E-state index contributed by atoms with van der Waals surface area (Å²) in [4.78, 5) is 4.71. The van der Waals surface area contributed by atoms with E-state index in [9.17, 15) is 0 Å². The maximum absolute atomic E-state index is 5.28. The second kappa shape index (κ2) is 9.27. The molecule has 2 N–H and O–H groups in total. The molecule has 0 bridgehead atoms. The van der Waals surface area contributed by atoms with Crippen LogP contribution in [-0.2, 0) is 20.0 Å². The first-order valence-electron chi connectivity index (χ1n) is 9.11. The molecule has 2 aromatic rings. The van der Waals surface area contributed by atoms with E-state index in [1.54, 1.807) is 7.11 Å². The lowest BCUT2D eigenvalue weighted by Crippen LogP contribution is -2.43. The average molecular weight is 358 g/mol. The number of aryl methyl sites for hydroxylation is 2. The Morgan fingerprint density at radius 1 is 1.35 bits per heavy atom. The monoisotopic (exact) mass is 357 g/mol. The molecule has 142 valence electrons. The van der Waals surface area contributed by atoms with E-state index in [4.69, 9.17) is 9.73 Å². The minimum absolute atomic E-state index is 0.250. The van der Waals surface area contributed by atoms with Crippen LogP contribution >= 0.6 is 0 Å². The van der Waals surface area contributed by atoms with Gasteiger partial charge in [0.15, 0.2) is 5.96 Å². The molecule has 0 spiro atoms. The lowest BCUT2D eigenvalue weighted by atomic mass is 10.1. The van der Waals surface area contributed by atoms with Gasteiger partial charge in [0, 0.05) is 25.3 Å². The summed E-state index contributed by atoms with van der Waals surface area (Å²) in [5.74, 6) is 1.67. The zero-order valence-electron chi connectivity index (χ0n) is 16.8. The quantitative estimate of drug-likeness (QED) is 0.591. The molecule has 0 saturated heterocycles. The number of rotatable bonds is 7. The van der Waals surface area contributed by atoms with E-state index in [0.717, 1.165) is 35.9 Å². The summed E-state index contributed by atoms with van der Waals surface area (Å²) < 4.78 is 7.22. The second-order valence-corrected chi connectivity index (χ2v) is 6.57. The van der Waals surface area contributed by atoms with Crippen LogP contribution in [0.1, 0.15) is 36.4 Å². The van der Waals surface area contributed by atoms with Gasteiger partial charge in [-0.05, 0) is 57.4 Å². The molecule has 26 heavy (non-hydrogen) atoms. The Kier molecular flexibility index (Phi) is 7.06. The predicted octanol–water partition coefficient (Wildman–Crippen LogP) is 2.73. The van der Waals surface area contributed by atoms with Crippen LogP contribution in [0, 0.1) is 13.8 Å². The van der Waals surface area contributed by atoms with E-state index in [1.165, 1.54) is 11.3 Å². The van der Waals surface area contributed by atoms with Crippen molar-refractivity contribution in [2.75, 3.05) is 13.7 Å². The number of hydrogen-bond acceptors (Lipinski definition) is 3. The van der Waals surface area contributed by atoms with Crippen LogP contribution in [-0.4, -0.2) is 35.4 Å². The van der Waals surface area contributed by atoms with Crippen LogP contribution in [0.3, 0.4) is 0 Å². The molecule has 6 nitrogen and oxygen atoms in total. The van der Waals surface area contributed by atoms with E-state index in [2.05, 4.69) is 49.5 Å². The largest absolute Gasteiger partial charge is 0.497 e. The van der Waals surface area contributed by atoms with Gasteiger partial charge in [0.2, 0.25) is 0 Å². The van der Waals surface area contributed by atoms with Gasteiger partial charge in [-0.25, -0.2) is 4.99 Å². The lowest BCUT2D eigenvalue weighted by molar-refractivity contribution is 0.414. The first-order valence-corrected chi connectivity index (χ1v) is 9.11. The lowest BCUT2D eigenvalue weighted by Gasteiger charge is -2.18. The van der Waals surface area contributed by atoms with Crippen LogP contribution in [0.15, 0.2) is 29.3 Å². The normalized spacial score (nSPS) is 12.8. The Labute approximate surface area is 156 Å². The molecule has 1 aromatic carbocycles. The number of guanidine groups is 1. The Balaban J connectivity index is 2.03. The van der Waals surface area contributed by atoms with E-state index in [1.807, 2.05) is 29.9 Å². The van der Waals surface area contributed by atoms with E-state index < -0.39 is 0 Å². The van der Waals surface area contributed by atoms with Crippen molar-refractivity contribution in [2.24, 2.45) is 12.0 Å². The second-order valence-electron chi connectivity index (χ2n) is 6.57. The first-order chi connectivity index (χ1) is 12.4. The number of benzene rings is 1. The third kappa shape index (κ3) is 5.25. The highest BCUT2D eigenvalue weighted by atomic mass is 16.5. The van der Waals surface area contributed by atoms with Crippen molar-refractivity contribution in [3.8, 4) is 5.75 Å². The van der Waals surface area contributed by atoms with Crippen molar-refractivity contribution in [1.82, 2.24) is 20.4 Å². The fourth-order valence-corrected chi connectivity index (χ4v) is 2.96. The number of nitrogens with one attached hydrogen (secondary N) is 2. The van der Waals surface area contributed by atoms with Gasteiger partial charge in [0.05, 0.1) is 19.3 Å². The zero-order valence-corrected chi connectivity index (χ0v) is 16.8. The summed E-state index contributed by atoms with van der Waals surface area (Å²) >= 11 is 0. The van der Waals surface area contributed by atoms with Crippen molar-refractivity contribution in [1.29, 1.82) is 0 Å². The molecule has 0 aliphatic carbocycles. The predicted molar refractivity (Wildman–Crippen MR) is 107 cm³/mol. The van der Waals surface area contributed by atoms with Gasteiger partial charge in [-0.3, -0.25) is 4.68 Å². The number of aromatic nitrogens is 2. The van der Waals surface area contributed by atoms with Crippen molar-refractivity contribution in [3.05, 3.63) is 46.8 Å². The van der Waals surface area contributed by atoms with Crippen LogP contribution in [0.4, 0.5) is 0 Å². The molecule has 1 aromatic heterocycles. The van der Waals surface area contributed by atoms with Crippen molar-refractivity contribution >= 4 is 5.96 Å². The van der Waals surface area contributed by atoms with Gasteiger partial charge in [-0.2, -0.15) is 5.10 Å². The Bertz CT molecular complexity index is 751. The van der Waals surface area contributed by atoms with Gasteiger partial charge < -0.3 is 15.4 Å². The van der Waals surface area contributed by atoms with Gasteiger partial charge in [0.1, 0.15) is 5.75 Å². The third-order valence-corrected chi connectivity index (χ3v) is 4.45. The molecule has 1 unspecified atom stereocenters. The Morgan fingerprint density at radius 3 is 2.73 bits per heavy atom. The fraction of sp³-hybridized carbons (Fsp3) is 0.500. The molecule has 0 aliphatic heterocycles. The molecular weight excluding hydrogens is 326 g/mol. The van der Waals surface area contributed by atoms with Crippen molar-refractivity contribution < 1.29 is 4.74 Å². The molecule has 0 amide bonds. The zero-order chi connectivity index (χ0) is 19.1. The summed E-state index contributed by atoms with van der Waals surface area (Å²) in [6.07, 6.45) is 0.912. The van der Waals surface area contributed by atoms with E-state index >= 15 is 0 Å². The van der Waals surface area contributed by atoms with E-state index in [-0.39, 0.29) is 6.04 Å². The molecule has 0 fully saturated rings. The Morgan fingerprint density at radius 2 is 2.12 bits per heavy atom. The maximum atomic E-state index is 5.28. The number of aliphatic imine (C=N–C) groups is 1. The van der Waals surface area contributed by atoms with Gasteiger partial charge in [-0.15, -0.1) is 0 Å². The molecule has 0 saturated carbocycles. The number of nitrogens with zero attached hydrogens (tertiary/aromatic N) is 3. The van der Waals surface area contributed by atoms with Crippen LogP contribution < -0.4 is 15.4 Å². The standard InChI is InChI=1S/C20H31N5O/c1-7-21-20(22-13-17-9-8-10-18(12-17)26-6)23-14(2)11-19-15(3)24-25(5)16(19)4/h8-10,12,14H,7,11,13H2,1-6H3,(H2,21,22,23). The van der Waals surface area contributed by atoms with Gasteiger partial charge in [0.25, 0.3) is 0 Å².